The van der Waals surface area contributed by atoms with Crippen molar-refractivity contribution in [3.05, 3.63) is 143 Å². The van der Waals surface area contributed by atoms with Gasteiger partial charge in [-0.1, -0.05) is 92.1 Å². The Morgan fingerprint density at radius 1 is 0.680 bits per heavy atom. The number of nitrogens with zero attached hydrogens (tertiary/aromatic N) is 3. The number of rotatable bonds is 6. The number of anilines is 1. The number of fused-ring (bicyclic) bond motifs is 3. The SMILES string of the molecule is O=C(NCC1CCCCC1)c1cnccc1NC(=O)c1cccc2ccccc12.O=c1oc(-c2cccc3ccccc23)nc2ccncc12. The summed E-state index contributed by atoms with van der Waals surface area (Å²) < 4.78 is 5.38. The van der Waals surface area contributed by atoms with Crippen molar-refractivity contribution in [1.82, 2.24) is 20.3 Å². The highest BCUT2D eigenvalue weighted by atomic mass is 16.4. The Balaban J connectivity index is 0.000000165. The molecule has 0 atom stereocenters. The van der Waals surface area contributed by atoms with Gasteiger partial charge in [0, 0.05) is 42.5 Å². The van der Waals surface area contributed by atoms with Crippen LogP contribution in [-0.2, 0) is 0 Å². The van der Waals surface area contributed by atoms with Crippen LogP contribution in [0.5, 0.6) is 0 Å². The van der Waals surface area contributed by atoms with Crippen LogP contribution in [0.3, 0.4) is 0 Å². The Hall–Kier alpha value is -6.22. The second-order valence-corrected chi connectivity index (χ2v) is 12.3. The molecule has 3 heterocycles. The van der Waals surface area contributed by atoms with Gasteiger partial charge in [-0.15, -0.1) is 0 Å². The fourth-order valence-electron chi connectivity index (χ4n) is 6.46. The van der Waals surface area contributed by atoms with E-state index >= 15 is 0 Å². The number of carbonyl (C=O) groups is 2. The summed E-state index contributed by atoms with van der Waals surface area (Å²) in [5.41, 5.74) is 2.41. The maximum atomic E-state index is 12.9. The Kier molecular flexibility index (Phi) is 9.64. The maximum absolute atomic E-state index is 12.9. The molecule has 0 saturated heterocycles. The molecule has 7 aromatic rings. The lowest BCUT2D eigenvalue weighted by atomic mass is 9.89. The molecule has 0 radical (unpaired) electrons. The lowest BCUT2D eigenvalue weighted by Gasteiger charge is -2.22. The first-order valence-electron chi connectivity index (χ1n) is 16.8. The summed E-state index contributed by atoms with van der Waals surface area (Å²) in [7, 11) is 0. The van der Waals surface area contributed by atoms with E-state index in [1.165, 1.54) is 31.7 Å². The molecule has 0 unspecified atom stereocenters. The third-order valence-electron chi connectivity index (χ3n) is 9.07. The first-order valence-corrected chi connectivity index (χ1v) is 16.8. The minimum Gasteiger partial charge on any atom is -0.403 e. The molecule has 1 fully saturated rings. The van der Waals surface area contributed by atoms with Crippen molar-refractivity contribution in [1.29, 1.82) is 0 Å². The van der Waals surface area contributed by atoms with Crippen LogP contribution in [0.2, 0.25) is 0 Å². The highest BCUT2D eigenvalue weighted by Gasteiger charge is 2.19. The molecular formula is C41H35N5O4. The van der Waals surface area contributed by atoms with Crippen LogP contribution in [-0.4, -0.2) is 33.3 Å². The van der Waals surface area contributed by atoms with E-state index in [1.54, 1.807) is 30.6 Å². The quantitative estimate of drug-likeness (QED) is 0.184. The fraction of sp³-hybridized carbons (Fsp3) is 0.171. The molecule has 1 aliphatic rings. The lowest BCUT2D eigenvalue weighted by molar-refractivity contribution is 0.0944. The average Bonchev–Trinajstić information content (AvgIpc) is 3.17. The van der Waals surface area contributed by atoms with E-state index in [2.05, 4.69) is 25.6 Å². The van der Waals surface area contributed by atoms with Gasteiger partial charge in [0.25, 0.3) is 11.8 Å². The van der Waals surface area contributed by atoms with Gasteiger partial charge in [0.2, 0.25) is 5.89 Å². The molecule has 2 N–H and O–H groups in total. The van der Waals surface area contributed by atoms with Crippen LogP contribution < -0.4 is 16.3 Å². The molecule has 3 aromatic heterocycles. The molecule has 9 nitrogen and oxygen atoms in total. The smallest absolute Gasteiger partial charge is 0.348 e. The number of benzene rings is 4. The normalized spacial score (nSPS) is 13.0. The summed E-state index contributed by atoms with van der Waals surface area (Å²) in [5, 5.41) is 10.3. The fourth-order valence-corrected chi connectivity index (χ4v) is 6.46. The predicted molar refractivity (Wildman–Crippen MR) is 196 cm³/mol. The average molecular weight is 662 g/mol. The second-order valence-electron chi connectivity index (χ2n) is 12.3. The number of amides is 2. The first-order chi connectivity index (χ1) is 24.5. The topological polar surface area (TPSA) is 127 Å². The largest absolute Gasteiger partial charge is 0.403 e. The predicted octanol–water partition coefficient (Wildman–Crippen LogP) is 8.20. The van der Waals surface area contributed by atoms with Gasteiger partial charge >= 0.3 is 5.63 Å². The molecule has 8 rings (SSSR count). The molecule has 50 heavy (non-hydrogen) atoms. The molecule has 4 aromatic carbocycles. The first kappa shape index (κ1) is 32.3. The van der Waals surface area contributed by atoms with Gasteiger partial charge in [-0.3, -0.25) is 19.6 Å². The minimum absolute atomic E-state index is 0.197. The van der Waals surface area contributed by atoms with E-state index in [0.29, 0.717) is 46.1 Å². The lowest BCUT2D eigenvalue weighted by Crippen LogP contribution is -2.31. The molecule has 1 saturated carbocycles. The van der Waals surface area contributed by atoms with E-state index in [4.69, 9.17) is 4.42 Å². The van der Waals surface area contributed by atoms with Gasteiger partial charge in [0.1, 0.15) is 5.39 Å². The van der Waals surface area contributed by atoms with Crippen molar-refractivity contribution in [2.75, 3.05) is 11.9 Å². The Morgan fingerprint density at radius 3 is 2.18 bits per heavy atom. The van der Waals surface area contributed by atoms with Crippen molar-refractivity contribution < 1.29 is 14.0 Å². The number of aromatic nitrogens is 3. The Labute approximate surface area is 288 Å². The van der Waals surface area contributed by atoms with Crippen LogP contribution >= 0.6 is 0 Å². The van der Waals surface area contributed by atoms with Crippen LogP contribution in [0, 0.1) is 5.92 Å². The van der Waals surface area contributed by atoms with Gasteiger partial charge in [-0.25, -0.2) is 9.78 Å². The van der Waals surface area contributed by atoms with Crippen LogP contribution in [0.1, 0.15) is 52.8 Å². The molecule has 0 bridgehead atoms. The Morgan fingerprint density at radius 2 is 1.36 bits per heavy atom. The van der Waals surface area contributed by atoms with Gasteiger partial charge in [-0.05, 0) is 64.6 Å². The van der Waals surface area contributed by atoms with E-state index in [9.17, 15) is 14.4 Å². The van der Waals surface area contributed by atoms with Crippen molar-refractivity contribution >= 4 is 49.9 Å². The number of pyridine rings is 2. The zero-order valence-electron chi connectivity index (χ0n) is 27.3. The molecule has 9 heteroatoms. The van der Waals surface area contributed by atoms with Gasteiger partial charge in [-0.2, -0.15) is 0 Å². The standard InChI is InChI=1S/C24H25N3O2.C17H10N2O2/c28-23(26-15-17-7-2-1-3-8-17)21-16-25-14-13-22(21)27-24(29)20-12-6-10-18-9-4-5-11-19(18)20;20-17-14-10-18-9-8-15(14)19-16(21-17)13-7-3-5-11-4-1-2-6-12(11)13/h4-6,9-14,16-17H,1-3,7-8,15H2,(H,26,28)(H,25,27,29);1-10H. The van der Waals surface area contributed by atoms with E-state index < -0.39 is 5.63 Å². The maximum Gasteiger partial charge on any atom is 0.348 e. The number of hydrogen-bond donors (Lipinski definition) is 2. The van der Waals surface area contributed by atoms with Crippen molar-refractivity contribution in [3.63, 3.8) is 0 Å². The zero-order valence-corrected chi connectivity index (χ0v) is 27.3. The summed E-state index contributed by atoms with van der Waals surface area (Å²) in [6, 6.07) is 30.5. The van der Waals surface area contributed by atoms with Crippen LogP contribution in [0.25, 0.3) is 43.9 Å². The van der Waals surface area contributed by atoms with Crippen molar-refractivity contribution in [3.8, 4) is 11.5 Å². The monoisotopic (exact) mass is 661 g/mol. The summed E-state index contributed by atoms with van der Waals surface area (Å²) in [6.45, 7) is 0.671. The summed E-state index contributed by atoms with van der Waals surface area (Å²) in [5.74, 6) is 0.430. The molecule has 1 aliphatic carbocycles. The van der Waals surface area contributed by atoms with E-state index in [-0.39, 0.29) is 11.8 Å². The number of nitrogens with one attached hydrogen (secondary N) is 2. The van der Waals surface area contributed by atoms with Crippen LogP contribution in [0.4, 0.5) is 5.69 Å². The van der Waals surface area contributed by atoms with Crippen molar-refractivity contribution in [2.24, 2.45) is 5.92 Å². The van der Waals surface area contributed by atoms with Crippen molar-refractivity contribution in [2.45, 2.75) is 32.1 Å². The number of hydrogen-bond acceptors (Lipinski definition) is 7. The molecule has 0 aliphatic heterocycles. The number of carbonyl (C=O) groups excluding carboxylic acids is 2. The second kappa shape index (κ2) is 14.9. The molecular weight excluding hydrogens is 626 g/mol. The van der Waals surface area contributed by atoms with Gasteiger partial charge < -0.3 is 15.1 Å². The minimum atomic E-state index is -0.420. The molecule has 2 amide bonds. The van der Waals surface area contributed by atoms with Gasteiger partial charge in [0.15, 0.2) is 0 Å². The third-order valence-corrected chi connectivity index (χ3v) is 9.07. The summed E-state index contributed by atoms with van der Waals surface area (Å²) in [6.07, 6.45) is 12.3. The summed E-state index contributed by atoms with van der Waals surface area (Å²) >= 11 is 0. The molecule has 0 spiro atoms. The van der Waals surface area contributed by atoms with Gasteiger partial charge in [0.05, 0.1) is 16.8 Å². The molecule has 248 valence electrons. The summed E-state index contributed by atoms with van der Waals surface area (Å²) in [4.78, 5) is 50.2. The van der Waals surface area contributed by atoms with E-state index in [1.807, 2.05) is 78.9 Å². The van der Waals surface area contributed by atoms with Crippen LogP contribution in [0.15, 0.2) is 131 Å². The Bertz CT molecular complexity index is 2370. The zero-order chi connectivity index (χ0) is 34.3. The van der Waals surface area contributed by atoms with E-state index in [0.717, 1.165) is 39.9 Å². The third kappa shape index (κ3) is 7.12. The highest BCUT2D eigenvalue weighted by Crippen LogP contribution is 2.28. The highest BCUT2D eigenvalue weighted by molar-refractivity contribution is 6.14.